The summed E-state index contributed by atoms with van der Waals surface area (Å²) in [7, 11) is 0. The summed E-state index contributed by atoms with van der Waals surface area (Å²) in [6, 6.07) is 6.97. The van der Waals surface area contributed by atoms with Gasteiger partial charge in [0.2, 0.25) is 0 Å². The molecule has 5 nitrogen and oxygen atoms in total. The zero-order valence-corrected chi connectivity index (χ0v) is 13.8. The van der Waals surface area contributed by atoms with Gasteiger partial charge in [-0.3, -0.25) is 9.59 Å². The van der Waals surface area contributed by atoms with E-state index >= 15 is 0 Å². The van der Waals surface area contributed by atoms with Crippen molar-refractivity contribution in [1.29, 1.82) is 0 Å². The third kappa shape index (κ3) is 4.47. The molecular weight excluding hydrogens is 294 g/mol. The minimum atomic E-state index is -0.900. The van der Waals surface area contributed by atoms with Gasteiger partial charge in [-0.2, -0.15) is 0 Å². The Bertz CT molecular complexity index is 545. The molecule has 1 aromatic rings. The molecule has 0 spiro atoms. The summed E-state index contributed by atoms with van der Waals surface area (Å²) < 4.78 is 5.64. The van der Waals surface area contributed by atoms with Crippen LogP contribution in [0.1, 0.15) is 49.9 Å². The second kappa shape index (κ2) is 7.49. The maximum Gasteiger partial charge on any atom is 0.311 e. The number of benzene rings is 1. The fraction of sp³-hybridized carbons (Fsp3) is 0.556. The lowest BCUT2D eigenvalue weighted by Crippen LogP contribution is -2.42. The van der Waals surface area contributed by atoms with Crippen LogP contribution in [-0.4, -0.2) is 30.1 Å². The Morgan fingerprint density at radius 3 is 2.30 bits per heavy atom. The summed E-state index contributed by atoms with van der Waals surface area (Å²) in [4.78, 5) is 23.6. The molecule has 1 fully saturated rings. The lowest BCUT2D eigenvalue weighted by Gasteiger charge is -2.26. The molecule has 0 bridgehead atoms. The number of ether oxygens (including phenoxy) is 1. The summed E-state index contributed by atoms with van der Waals surface area (Å²) in [5.74, 6) is 0.318. The van der Waals surface area contributed by atoms with Crippen molar-refractivity contribution in [1.82, 2.24) is 5.32 Å². The van der Waals surface area contributed by atoms with Crippen molar-refractivity contribution in [3.8, 4) is 5.75 Å². The van der Waals surface area contributed by atoms with E-state index in [0.29, 0.717) is 24.3 Å². The summed E-state index contributed by atoms with van der Waals surface area (Å²) in [6.45, 7) is 4.53. The van der Waals surface area contributed by atoms with E-state index in [9.17, 15) is 14.7 Å². The Kier molecular flexibility index (Phi) is 5.64. The van der Waals surface area contributed by atoms with Crippen LogP contribution in [0.2, 0.25) is 0 Å². The van der Waals surface area contributed by atoms with Gasteiger partial charge in [-0.15, -0.1) is 0 Å². The number of nitrogens with one attached hydrogen (secondary N) is 1. The molecule has 0 aliphatic heterocycles. The number of carbonyl (C=O) groups excluding carboxylic acids is 1. The van der Waals surface area contributed by atoms with Gasteiger partial charge in [0.15, 0.2) is 0 Å². The molecule has 0 aromatic heterocycles. The summed E-state index contributed by atoms with van der Waals surface area (Å²) >= 11 is 0. The molecule has 1 saturated carbocycles. The molecule has 0 heterocycles. The molecule has 0 unspecified atom stereocenters. The van der Waals surface area contributed by atoms with Crippen LogP contribution >= 0.6 is 0 Å². The molecule has 1 amide bonds. The summed E-state index contributed by atoms with van der Waals surface area (Å²) in [5.41, 5.74) is -0.390. The Labute approximate surface area is 137 Å². The maximum absolute atomic E-state index is 12.2. The van der Waals surface area contributed by atoms with Gasteiger partial charge < -0.3 is 15.2 Å². The second-order valence-corrected chi connectivity index (χ2v) is 6.25. The van der Waals surface area contributed by atoms with Gasteiger partial charge in [0, 0.05) is 12.1 Å². The average Bonchev–Trinajstić information content (AvgIpc) is 3.38. The smallest absolute Gasteiger partial charge is 0.311 e. The van der Waals surface area contributed by atoms with Crippen molar-refractivity contribution >= 4 is 11.9 Å². The molecule has 23 heavy (non-hydrogen) atoms. The van der Waals surface area contributed by atoms with Gasteiger partial charge in [0.25, 0.3) is 5.91 Å². The van der Waals surface area contributed by atoms with Crippen molar-refractivity contribution in [3.63, 3.8) is 0 Å². The van der Waals surface area contributed by atoms with E-state index in [1.165, 1.54) is 12.8 Å². The Morgan fingerprint density at radius 2 is 1.83 bits per heavy atom. The number of carbonyl (C=O) groups is 2. The van der Waals surface area contributed by atoms with E-state index in [-0.39, 0.29) is 12.5 Å². The van der Waals surface area contributed by atoms with Crippen LogP contribution in [0.5, 0.6) is 5.75 Å². The monoisotopic (exact) mass is 319 g/mol. The minimum Gasteiger partial charge on any atom is -0.493 e. The SMILES string of the molecule is CCC(CC)(CNC(=O)c1ccc(OCC2CC2)cc1)C(=O)O. The highest BCUT2D eigenvalue weighted by Gasteiger charge is 2.35. The van der Waals surface area contributed by atoms with E-state index in [2.05, 4.69) is 5.32 Å². The van der Waals surface area contributed by atoms with Gasteiger partial charge in [0.1, 0.15) is 5.75 Å². The summed E-state index contributed by atoms with van der Waals surface area (Å²) in [5, 5.41) is 12.1. The third-order valence-corrected chi connectivity index (χ3v) is 4.69. The van der Waals surface area contributed by atoms with Crippen LogP contribution in [0.3, 0.4) is 0 Å². The number of hydrogen-bond acceptors (Lipinski definition) is 3. The highest BCUT2D eigenvalue weighted by molar-refractivity contribution is 5.94. The molecular formula is C18H25NO4. The van der Waals surface area contributed by atoms with Crippen LogP contribution in [0.15, 0.2) is 24.3 Å². The first-order valence-corrected chi connectivity index (χ1v) is 8.25. The number of hydrogen-bond donors (Lipinski definition) is 2. The van der Waals surface area contributed by atoms with Crippen molar-refractivity contribution in [2.24, 2.45) is 11.3 Å². The number of carboxylic acids is 1. The average molecular weight is 319 g/mol. The molecule has 126 valence electrons. The Hall–Kier alpha value is -2.04. The Morgan fingerprint density at radius 1 is 1.22 bits per heavy atom. The second-order valence-electron chi connectivity index (χ2n) is 6.25. The van der Waals surface area contributed by atoms with Crippen LogP contribution in [-0.2, 0) is 4.79 Å². The fourth-order valence-electron chi connectivity index (χ4n) is 2.43. The molecule has 2 N–H and O–H groups in total. The van der Waals surface area contributed by atoms with Crippen LogP contribution in [0, 0.1) is 11.3 Å². The van der Waals surface area contributed by atoms with Gasteiger partial charge in [0.05, 0.1) is 12.0 Å². The van der Waals surface area contributed by atoms with E-state index in [4.69, 9.17) is 4.74 Å². The van der Waals surface area contributed by atoms with Gasteiger partial charge in [-0.05, 0) is 55.9 Å². The van der Waals surface area contributed by atoms with Crippen molar-refractivity contribution in [2.75, 3.05) is 13.2 Å². The van der Waals surface area contributed by atoms with Crippen LogP contribution in [0.25, 0.3) is 0 Å². The van der Waals surface area contributed by atoms with Crippen molar-refractivity contribution < 1.29 is 19.4 Å². The highest BCUT2D eigenvalue weighted by Crippen LogP contribution is 2.29. The third-order valence-electron chi connectivity index (χ3n) is 4.69. The number of carboxylic acid groups (broad SMARTS) is 1. The van der Waals surface area contributed by atoms with E-state index in [1.807, 2.05) is 13.8 Å². The topological polar surface area (TPSA) is 75.6 Å². The number of amides is 1. The minimum absolute atomic E-state index is 0.133. The lowest BCUT2D eigenvalue weighted by molar-refractivity contribution is -0.149. The molecule has 0 radical (unpaired) electrons. The van der Waals surface area contributed by atoms with Crippen LogP contribution in [0.4, 0.5) is 0 Å². The highest BCUT2D eigenvalue weighted by atomic mass is 16.5. The molecule has 1 aliphatic rings. The number of rotatable bonds is 9. The van der Waals surface area contributed by atoms with E-state index in [0.717, 1.165) is 12.4 Å². The van der Waals surface area contributed by atoms with Crippen molar-refractivity contribution in [2.45, 2.75) is 39.5 Å². The van der Waals surface area contributed by atoms with Crippen LogP contribution < -0.4 is 10.1 Å². The van der Waals surface area contributed by atoms with E-state index < -0.39 is 11.4 Å². The predicted molar refractivity (Wildman–Crippen MR) is 87.6 cm³/mol. The quantitative estimate of drug-likeness (QED) is 0.733. The predicted octanol–water partition coefficient (Wildman–Crippen LogP) is 3.10. The number of aliphatic carboxylic acids is 1. The van der Waals surface area contributed by atoms with Crippen molar-refractivity contribution in [3.05, 3.63) is 29.8 Å². The van der Waals surface area contributed by atoms with Gasteiger partial charge in [-0.1, -0.05) is 13.8 Å². The zero-order chi connectivity index (χ0) is 16.9. The zero-order valence-electron chi connectivity index (χ0n) is 13.8. The fourth-order valence-corrected chi connectivity index (χ4v) is 2.43. The van der Waals surface area contributed by atoms with Gasteiger partial charge in [-0.25, -0.2) is 0 Å². The Balaban J connectivity index is 1.90. The first-order chi connectivity index (χ1) is 11.0. The molecule has 1 aromatic carbocycles. The maximum atomic E-state index is 12.2. The molecule has 0 atom stereocenters. The standard InChI is InChI=1S/C18H25NO4/c1-3-18(4-2,17(21)22)12-19-16(20)14-7-9-15(10-8-14)23-11-13-5-6-13/h7-10,13H,3-6,11-12H2,1-2H3,(H,19,20)(H,21,22). The largest absolute Gasteiger partial charge is 0.493 e. The molecule has 2 rings (SSSR count). The molecule has 5 heteroatoms. The first kappa shape index (κ1) is 17.3. The van der Waals surface area contributed by atoms with Gasteiger partial charge >= 0.3 is 5.97 Å². The summed E-state index contributed by atoms with van der Waals surface area (Å²) in [6.07, 6.45) is 3.43. The molecule has 1 aliphatic carbocycles. The normalized spacial score (nSPS) is 14.3. The molecule has 0 saturated heterocycles. The lowest BCUT2D eigenvalue weighted by atomic mass is 9.82. The van der Waals surface area contributed by atoms with E-state index in [1.54, 1.807) is 24.3 Å². The first-order valence-electron chi connectivity index (χ1n) is 8.25.